The zero-order valence-electron chi connectivity index (χ0n) is 24.6. The van der Waals surface area contributed by atoms with E-state index in [0.29, 0.717) is 29.9 Å². The molecule has 13 nitrogen and oxygen atoms in total. The van der Waals surface area contributed by atoms with Crippen LogP contribution in [0, 0.1) is 0 Å². The molecule has 1 saturated heterocycles. The number of aromatic nitrogens is 2. The van der Waals surface area contributed by atoms with Gasteiger partial charge in [-0.15, -0.1) is 0 Å². The van der Waals surface area contributed by atoms with E-state index in [1.807, 2.05) is 7.05 Å². The molecule has 1 aliphatic heterocycles. The lowest BCUT2D eigenvalue weighted by Gasteiger charge is -2.32. The molecule has 2 aromatic carbocycles. The summed E-state index contributed by atoms with van der Waals surface area (Å²) in [4.78, 5) is 52.0. The lowest BCUT2D eigenvalue weighted by atomic mass is 10.0. The molecule has 4 N–H and O–H groups in total. The molecule has 0 aliphatic carbocycles. The number of urea groups is 1. The quantitative estimate of drug-likeness (QED) is 0.293. The Balaban J connectivity index is 1.58. The van der Waals surface area contributed by atoms with Crippen LogP contribution >= 0.6 is 23.2 Å². The van der Waals surface area contributed by atoms with Crippen LogP contribution in [0.2, 0.25) is 10.0 Å². The molecule has 0 atom stereocenters. The Hall–Kier alpha value is -4.59. The number of hydrogen-bond acceptors (Lipinski definition) is 9. The van der Waals surface area contributed by atoms with Gasteiger partial charge in [0.05, 0.1) is 19.9 Å². The number of nitrogens with two attached hydrogens (primary N) is 1. The van der Waals surface area contributed by atoms with Gasteiger partial charge in [0.2, 0.25) is 5.91 Å². The van der Waals surface area contributed by atoms with Gasteiger partial charge in [0.1, 0.15) is 39.5 Å². The van der Waals surface area contributed by atoms with E-state index in [1.54, 1.807) is 23.1 Å². The maximum Gasteiger partial charge on any atom is 0.327 e. The average molecular weight is 644 g/mol. The molecule has 0 spiro atoms. The highest BCUT2D eigenvalue weighted by atomic mass is 35.5. The first-order chi connectivity index (χ1) is 20.9. The molecule has 0 saturated carbocycles. The Morgan fingerprint density at radius 2 is 1.64 bits per heavy atom. The van der Waals surface area contributed by atoms with Crippen LogP contribution in [0.1, 0.15) is 15.9 Å². The van der Waals surface area contributed by atoms with Crippen molar-refractivity contribution < 1.29 is 23.9 Å². The third kappa shape index (κ3) is 6.96. The number of amides is 4. The molecule has 44 heavy (non-hydrogen) atoms. The van der Waals surface area contributed by atoms with E-state index in [0.717, 1.165) is 13.1 Å². The smallest absolute Gasteiger partial charge is 0.327 e. The van der Waals surface area contributed by atoms with Crippen LogP contribution in [0.5, 0.6) is 11.5 Å². The summed E-state index contributed by atoms with van der Waals surface area (Å²) in [5.74, 6) is 0.0928. The van der Waals surface area contributed by atoms with Crippen LogP contribution in [-0.2, 0) is 4.79 Å². The highest BCUT2D eigenvalue weighted by molar-refractivity contribution is 6.41. The molecule has 0 unspecified atom stereocenters. The number of nitrogens with one attached hydrogen (secondary N) is 2. The van der Waals surface area contributed by atoms with E-state index >= 15 is 0 Å². The fourth-order valence-corrected chi connectivity index (χ4v) is 4.98. The zero-order chi connectivity index (χ0) is 32.1. The van der Waals surface area contributed by atoms with Gasteiger partial charge < -0.3 is 35.6 Å². The number of piperazine rings is 1. The van der Waals surface area contributed by atoms with Crippen LogP contribution in [-0.4, -0.2) is 92.1 Å². The normalized spacial score (nSPS) is 13.2. The fraction of sp³-hybridized carbons (Fsp3) is 0.276. The summed E-state index contributed by atoms with van der Waals surface area (Å²) < 4.78 is 10.5. The van der Waals surface area contributed by atoms with Gasteiger partial charge in [-0.2, -0.15) is 0 Å². The number of carbonyl (C=O) groups is 3. The summed E-state index contributed by atoms with van der Waals surface area (Å²) in [6.45, 7) is 6.54. The molecule has 1 fully saturated rings. The van der Waals surface area contributed by atoms with Gasteiger partial charge in [-0.25, -0.2) is 14.8 Å². The predicted molar refractivity (Wildman–Crippen MR) is 170 cm³/mol. The summed E-state index contributed by atoms with van der Waals surface area (Å²) in [6, 6.07) is 7.26. The van der Waals surface area contributed by atoms with Crippen molar-refractivity contribution in [3.05, 3.63) is 64.4 Å². The Bertz CT molecular complexity index is 1580. The molecular formula is C29H32Cl2N8O5. The van der Waals surface area contributed by atoms with Crippen molar-refractivity contribution in [2.75, 3.05) is 70.0 Å². The van der Waals surface area contributed by atoms with E-state index in [-0.39, 0.29) is 50.3 Å². The van der Waals surface area contributed by atoms with E-state index in [4.69, 9.17) is 38.4 Å². The first-order valence-electron chi connectivity index (χ1n) is 13.3. The second-order valence-electron chi connectivity index (χ2n) is 9.86. The number of hydrogen-bond donors (Lipinski definition) is 3. The summed E-state index contributed by atoms with van der Waals surface area (Å²) in [5.41, 5.74) is 6.80. The van der Waals surface area contributed by atoms with Gasteiger partial charge in [-0.1, -0.05) is 29.8 Å². The van der Waals surface area contributed by atoms with Crippen LogP contribution < -0.4 is 30.7 Å². The molecule has 0 radical (unpaired) electrons. The van der Waals surface area contributed by atoms with Crippen molar-refractivity contribution in [2.45, 2.75) is 0 Å². The molecular weight excluding hydrogens is 611 g/mol. The van der Waals surface area contributed by atoms with Crippen molar-refractivity contribution in [3.8, 4) is 11.5 Å². The first-order valence-corrected chi connectivity index (χ1v) is 14.0. The van der Waals surface area contributed by atoms with Crippen molar-refractivity contribution in [1.29, 1.82) is 0 Å². The highest BCUT2D eigenvalue weighted by Gasteiger charge is 2.24. The highest BCUT2D eigenvalue weighted by Crippen LogP contribution is 2.44. The SMILES string of the molecule is C=C(C(N)=O)c1cc(C(=O)N2CCN(C)CC2)ccc1Nc1cc(N(C)C(=O)Nc2c(Cl)c(OC)cc(OC)c2Cl)ncn1. The molecule has 15 heteroatoms. The van der Waals surface area contributed by atoms with E-state index < -0.39 is 11.9 Å². The minimum atomic E-state index is -0.747. The Kier molecular flexibility index (Phi) is 10.1. The maximum absolute atomic E-state index is 13.2. The van der Waals surface area contributed by atoms with Crippen molar-refractivity contribution in [1.82, 2.24) is 19.8 Å². The minimum Gasteiger partial charge on any atom is -0.495 e. The van der Waals surface area contributed by atoms with Gasteiger partial charge in [0, 0.05) is 67.7 Å². The monoisotopic (exact) mass is 642 g/mol. The van der Waals surface area contributed by atoms with Gasteiger partial charge in [0.15, 0.2) is 0 Å². The minimum absolute atomic E-state index is 0.00813. The molecule has 232 valence electrons. The van der Waals surface area contributed by atoms with Gasteiger partial charge in [-0.05, 0) is 25.2 Å². The fourth-order valence-electron chi connectivity index (χ4n) is 4.39. The van der Waals surface area contributed by atoms with Crippen molar-refractivity contribution in [3.63, 3.8) is 0 Å². The van der Waals surface area contributed by atoms with Gasteiger partial charge >= 0.3 is 6.03 Å². The topological polar surface area (TPSA) is 155 Å². The Morgan fingerprint density at radius 3 is 2.23 bits per heavy atom. The van der Waals surface area contributed by atoms with Crippen LogP contribution in [0.4, 0.5) is 27.8 Å². The predicted octanol–water partition coefficient (Wildman–Crippen LogP) is 4.10. The Morgan fingerprint density at radius 1 is 1.00 bits per heavy atom. The second-order valence-corrected chi connectivity index (χ2v) is 10.6. The average Bonchev–Trinajstić information content (AvgIpc) is 3.02. The summed E-state index contributed by atoms with van der Waals surface area (Å²) >= 11 is 12.8. The molecule has 1 aliphatic rings. The van der Waals surface area contributed by atoms with E-state index in [9.17, 15) is 14.4 Å². The number of rotatable bonds is 9. The number of ether oxygens (including phenoxy) is 2. The van der Waals surface area contributed by atoms with Gasteiger partial charge in [-0.3, -0.25) is 14.5 Å². The van der Waals surface area contributed by atoms with Crippen molar-refractivity contribution >= 4 is 69.6 Å². The van der Waals surface area contributed by atoms with Crippen molar-refractivity contribution in [2.24, 2.45) is 5.73 Å². The molecule has 4 rings (SSSR count). The third-order valence-electron chi connectivity index (χ3n) is 7.05. The molecule has 3 aromatic rings. The number of halogens is 2. The third-order valence-corrected chi connectivity index (χ3v) is 7.80. The largest absolute Gasteiger partial charge is 0.495 e. The number of anilines is 4. The number of benzene rings is 2. The number of nitrogens with zero attached hydrogens (tertiary/aromatic N) is 5. The molecule has 2 heterocycles. The zero-order valence-corrected chi connectivity index (χ0v) is 26.1. The molecule has 4 amide bonds. The number of carbonyl (C=O) groups excluding carboxylic acids is 3. The van der Waals surface area contributed by atoms with Crippen LogP contribution in [0.15, 0.2) is 43.2 Å². The number of methoxy groups -OCH3 is 2. The number of likely N-dealkylation sites (N-methyl/N-ethyl adjacent to an activating group) is 1. The molecule has 0 bridgehead atoms. The number of primary amides is 1. The second kappa shape index (κ2) is 13.8. The van der Waals surface area contributed by atoms with Crippen LogP contribution in [0.25, 0.3) is 5.57 Å². The van der Waals surface area contributed by atoms with Crippen LogP contribution in [0.3, 0.4) is 0 Å². The van der Waals surface area contributed by atoms with E-state index in [1.165, 1.54) is 44.6 Å². The summed E-state index contributed by atoms with van der Waals surface area (Å²) in [5, 5.41) is 5.94. The summed E-state index contributed by atoms with van der Waals surface area (Å²) in [7, 11) is 6.33. The summed E-state index contributed by atoms with van der Waals surface area (Å²) in [6.07, 6.45) is 1.25. The lowest BCUT2D eigenvalue weighted by Crippen LogP contribution is -2.47. The first kappa shape index (κ1) is 32.3. The standard InChI is InChI=1S/C29H32Cl2N8O5/c1-16(27(32)40)18-12-17(28(41)39-10-8-37(2)9-11-39)6-7-19(18)35-22-14-23(34-15-33-22)38(3)29(42)36-26-24(30)20(43-4)13-21(44-5)25(26)31/h6-7,12-15H,1,8-11H2,2-5H3,(H2,32,40)(H,36,42)(H,33,34,35). The Labute approximate surface area is 264 Å². The van der Waals surface area contributed by atoms with Gasteiger partial charge in [0.25, 0.3) is 5.91 Å². The van der Waals surface area contributed by atoms with E-state index in [2.05, 4.69) is 32.1 Å². The maximum atomic E-state index is 13.2. The molecule has 1 aromatic heterocycles. The lowest BCUT2D eigenvalue weighted by molar-refractivity contribution is -0.112.